The van der Waals surface area contributed by atoms with Crippen LogP contribution < -0.4 is 0 Å². The summed E-state index contributed by atoms with van der Waals surface area (Å²) in [6.07, 6.45) is 4.76. The van der Waals surface area contributed by atoms with E-state index in [-0.39, 0.29) is 0 Å². The van der Waals surface area contributed by atoms with Crippen molar-refractivity contribution in [2.75, 3.05) is 0 Å². The highest BCUT2D eigenvalue weighted by Crippen LogP contribution is 2.27. The summed E-state index contributed by atoms with van der Waals surface area (Å²) in [5.74, 6) is 0. The second-order valence-electron chi connectivity index (χ2n) is 6.93. The minimum absolute atomic E-state index is 1.17. The van der Waals surface area contributed by atoms with Crippen molar-refractivity contribution in [1.82, 2.24) is 0 Å². The molecule has 0 radical (unpaired) electrons. The third-order valence-electron chi connectivity index (χ3n) is 4.85. The number of hydrogen-bond acceptors (Lipinski definition) is 0. The van der Waals surface area contributed by atoms with Gasteiger partial charge < -0.3 is 0 Å². The number of hydrogen-bond donors (Lipinski definition) is 0. The molecule has 0 bridgehead atoms. The highest BCUT2D eigenvalue weighted by Gasteiger charge is 2.06. The van der Waals surface area contributed by atoms with Crippen LogP contribution in [0.2, 0.25) is 0 Å². The van der Waals surface area contributed by atoms with Crippen LogP contribution in [0.1, 0.15) is 43.4 Å². The zero-order valence-electron chi connectivity index (χ0n) is 15.7. The lowest BCUT2D eigenvalue weighted by atomic mass is 9.93. The van der Waals surface area contributed by atoms with Gasteiger partial charge in [0.05, 0.1) is 0 Å². The molecule has 0 saturated heterocycles. The maximum atomic E-state index is 2.40. The number of aryl methyl sites for hydroxylation is 3. The van der Waals surface area contributed by atoms with Crippen LogP contribution in [0.5, 0.6) is 0 Å². The van der Waals surface area contributed by atoms with Gasteiger partial charge in [-0.1, -0.05) is 99.0 Å². The largest absolute Gasteiger partial charge is 0.0651 e. The van der Waals surface area contributed by atoms with Gasteiger partial charge in [0.1, 0.15) is 0 Å². The smallest absolute Gasteiger partial charge is 0.0181 e. The molecule has 0 heteroatoms. The van der Waals surface area contributed by atoms with Crippen LogP contribution in [0.15, 0.2) is 66.7 Å². The van der Waals surface area contributed by atoms with E-state index in [9.17, 15) is 0 Å². The summed E-state index contributed by atoms with van der Waals surface area (Å²) in [5.41, 5.74) is 9.53. The van der Waals surface area contributed by atoms with E-state index in [1.165, 1.54) is 64.6 Å². The lowest BCUT2D eigenvalue weighted by Gasteiger charge is -2.12. The minimum Gasteiger partial charge on any atom is -0.0651 e. The van der Waals surface area contributed by atoms with Crippen molar-refractivity contribution in [2.24, 2.45) is 0 Å². The van der Waals surface area contributed by atoms with E-state index in [4.69, 9.17) is 0 Å². The molecular weight excluding hydrogens is 300 g/mol. The summed E-state index contributed by atoms with van der Waals surface area (Å²) >= 11 is 0. The first kappa shape index (κ1) is 17.5. The quantitative estimate of drug-likeness (QED) is 0.447. The summed E-state index contributed by atoms with van der Waals surface area (Å²) in [6.45, 7) is 6.65. The van der Waals surface area contributed by atoms with E-state index < -0.39 is 0 Å². The number of rotatable bonds is 6. The van der Waals surface area contributed by atoms with Crippen molar-refractivity contribution >= 4 is 0 Å². The van der Waals surface area contributed by atoms with Crippen LogP contribution in [0, 0.1) is 6.92 Å². The summed E-state index contributed by atoms with van der Waals surface area (Å²) in [5, 5.41) is 0. The van der Waals surface area contributed by atoms with Gasteiger partial charge in [-0.25, -0.2) is 0 Å². The van der Waals surface area contributed by atoms with Gasteiger partial charge in [0.2, 0.25) is 0 Å². The summed E-state index contributed by atoms with van der Waals surface area (Å²) in [7, 11) is 0. The predicted octanol–water partition coefficient (Wildman–Crippen LogP) is 7.23. The van der Waals surface area contributed by atoms with Crippen molar-refractivity contribution < 1.29 is 0 Å². The van der Waals surface area contributed by atoms with E-state index in [2.05, 4.69) is 87.5 Å². The lowest BCUT2D eigenvalue weighted by Crippen LogP contribution is -1.94. The molecule has 0 N–H and O–H groups in total. The van der Waals surface area contributed by atoms with Crippen LogP contribution in [-0.2, 0) is 12.8 Å². The molecule has 0 aromatic heterocycles. The van der Waals surface area contributed by atoms with Crippen molar-refractivity contribution in [3.8, 4) is 22.3 Å². The van der Waals surface area contributed by atoms with Crippen LogP contribution >= 0.6 is 0 Å². The fourth-order valence-corrected chi connectivity index (χ4v) is 3.42. The molecule has 0 nitrogen and oxygen atoms in total. The minimum atomic E-state index is 1.17. The molecule has 0 aliphatic rings. The first-order valence-corrected chi connectivity index (χ1v) is 9.50. The SMILES string of the molecule is CCCc1ccc(-c2ccc(-c3ccc(C)cc3)cc2)cc1CCC. The standard InChI is InChI=1S/C25H28/c1-4-6-20-16-17-25(18-24(20)7-5-2)23-14-12-22(13-15-23)21-10-8-19(3)9-11-21/h8-18H,4-7H2,1-3H3. The van der Waals surface area contributed by atoms with Gasteiger partial charge in [-0.2, -0.15) is 0 Å². The predicted molar refractivity (Wildman–Crippen MR) is 110 cm³/mol. The van der Waals surface area contributed by atoms with Gasteiger partial charge in [-0.15, -0.1) is 0 Å². The Morgan fingerprint density at radius 3 is 1.52 bits per heavy atom. The molecule has 0 unspecified atom stereocenters. The monoisotopic (exact) mass is 328 g/mol. The van der Waals surface area contributed by atoms with Gasteiger partial charge in [0.15, 0.2) is 0 Å². The van der Waals surface area contributed by atoms with Gasteiger partial charge in [0, 0.05) is 0 Å². The maximum absolute atomic E-state index is 2.40. The average Bonchev–Trinajstić information content (AvgIpc) is 2.64. The van der Waals surface area contributed by atoms with Crippen LogP contribution in [0.4, 0.5) is 0 Å². The van der Waals surface area contributed by atoms with E-state index in [0.717, 1.165) is 0 Å². The maximum Gasteiger partial charge on any atom is -0.0181 e. The molecule has 0 spiro atoms. The third-order valence-corrected chi connectivity index (χ3v) is 4.85. The molecule has 25 heavy (non-hydrogen) atoms. The molecule has 3 rings (SSSR count). The van der Waals surface area contributed by atoms with E-state index >= 15 is 0 Å². The molecule has 3 aromatic carbocycles. The summed E-state index contributed by atoms with van der Waals surface area (Å²) in [6, 6.07) is 24.7. The number of benzene rings is 3. The van der Waals surface area contributed by atoms with Crippen molar-refractivity contribution in [2.45, 2.75) is 46.5 Å². The molecule has 0 atom stereocenters. The highest BCUT2D eigenvalue weighted by molar-refractivity contribution is 5.71. The third kappa shape index (κ3) is 4.20. The molecule has 3 aromatic rings. The fraction of sp³-hybridized carbons (Fsp3) is 0.280. The zero-order valence-corrected chi connectivity index (χ0v) is 15.7. The first-order chi connectivity index (χ1) is 12.2. The summed E-state index contributed by atoms with van der Waals surface area (Å²) < 4.78 is 0. The molecule has 0 heterocycles. The Morgan fingerprint density at radius 1 is 0.520 bits per heavy atom. The lowest BCUT2D eigenvalue weighted by molar-refractivity contribution is 0.861. The second kappa shape index (κ2) is 8.16. The normalized spacial score (nSPS) is 10.8. The molecule has 0 fully saturated rings. The van der Waals surface area contributed by atoms with Crippen LogP contribution in [0.25, 0.3) is 22.3 Å². The van der Waals surface area contributed by atoms with E-state index in [1.807, 2.05) is 0 Å². The Morgan fingerprint density at radius 2 is 0.960 bits per heavy atom. The highest BCUT2D eigenvalue weighted by atomic mass is 14.1. The van der Waals surface area contributed by atoms with Gasteiger partial charge in [-0.3, -0.25) is 0 Å². The van der Waals surface area contributed by atoms with Gasteiger partial charge >= 0.3 is 0 Å². The Hall–Kier alpha value is -2.34. The van der Waals surface area contributed by atoms with Crippen molar-refractivity contribution in [3.05, 3.63) is 83.4 Å². The summed E-state index contributed by atoms with van der Waals surface area (Å²) in [4.78, 5) is 0. The Kier molecular flexibility index (Phi) is 5.71. The fourth-order valence-electron chi connectivity index (χ4n) is 3.42. The van der Waals surface area contributed by atoms with E-state index in [0.29, 0.717) is 0 Å². The average molecular weight is 328 g/mol. The van der Waals surface area contributed by atoms with Gasteiger partial charge in [-0.05, 0) is 53.1 Å². The molecule has 0 aliphatic carbocycles. The van der Waals surface area contributed by atoms with Crippen molar-refractivity contribution in [3.63, 3.8) is 0 Å². The van der Waals surface area contributed by atoms with Crippen LogP contribution in [0.3, 0.4) is 0 Å². The Balaban J connectivity index is 1.89. The molecular formula is C25H28. The topological polar surface area (TPSA) is 0 Å². The van der Waals surface area contributed by atoms with E-state index in [1.54, 1.807) is 0 Å². The molecule has 0 amide bonds. The molecule has 128 valence electrons. The first-order valence-electron chi connectivity index (χ1n) is 9.50. The Bertz CT molecular complexity index is 808. The molecule has 0 saturated carbocycles. The zero-order chi connectivity index (χ0) is 17.6. The second-order valence-corrected chi connectivity index (χ2v) is 6.93. The van der Waals surface area contributed by atoms with Crippen molar-refractivity contribution in [1.29, 1.82) is 0 Å². The molecule has 0 aliphatic heterocycles. The Labute approximate surface area is 152 Å². The van der Waals surface area contributed by atoms with Crippen LogP contribution in [-0.4, -0.2) is 0 Å². The van der Waals surface area contributed by atoms with Gasteiger partial charge in [0.25, 0.3) is 0 Å².